The SMILES string of the molecule is CCCCCCCCCCCCCCCCCCOc1cccc(CC(=O)N(CC(=O)O)CC(=O)O)c1. The molecule has 1 amide bonds. The summed E-state index contributed by atoms with van der Waals surface area (Å²) in [4.78, 5) is 35.1. The minimum atomic E-state index is -1.24. The van der Waals surface area contributed by atoms with E-state index < -0.39 is 30.9 Å². The van der Waals surface area contributed by atoms with E-state index in [4.69, 9.17) is 14.9 Å². The molecule has 0 aliphatic heterocycles. The predicted octanol–water partition coefficient (Wildman–Crippen LogP) is 6.87. The van der Waals surface area contributed by atoms with Crippen LogP contribution < -0.4 is 4.74 Å². The van der Waals surface area contributed by atoms with Gasteiger partial charge in [-0.25, -0.2) is 0 Å². The first kappa shape index (κ1) is 32.5. The van der Waals surface area contributed by atoms with Crippen LogP contribution >= 0.6 is 0 Å². The van der Waals surface area contributed by atoms with Crippen LogP contribution in [-0.2, 0) is 20.8 Å². The Morgan fingerprint density at radius 1 is 0.703 bits per heavy atom. The molecule has 2 N–H and O–H groups in total. The van der Waals surface area contributed by atoms with Gasteiger partial charge in [-0.3, -0.25) is 14.4 Å². The van der Waals surface area contributed by atoms with Crippen LogP contribution in [0.1, 0.15) is 115 Å². The van der Waals surface area contributed by atoms with Crippen LogP contribution in [0.5, 0.6) is 5.75 Å². The Labute approximate surface area is 223 Å². The maximum absolute atomic E-state index is 12.4. The lowest BCUT2D eigenvalue weighted by molar-refractivity contribution is -0.149. The summed E-state index contributed by atoms with van der Waals surface area (Å²) in [5.74, 6) is -2.37. The number of aliphatic carboxylic acids is 2. The molecular formula is C30H49NO6. The largest absolute Gasteiger partial charge is 0.494 e. The topological polar surface area (TPSA) is 104 Å². The smallest absolute Gasteiger partial charge is 0.323 e. The van der Waals surface area contributed by atoms with Crippen molar-refractivity contribution in [1.82, 2.24) is 4.90 Å². The highest BCUT2D eigenvalue weighted by Crippen LogP contribution is 2.16. The lowest BCUT2D eigenvalue weighted by atomic mass is 10.0. The zero-order valence-electron chi connectivity index (χ0n) is 22.9. The zero-order chi connectivity index (χ0) is 27.1. The summed E-state index contributed by atoms with van der Waals surface area (Å²) in [6.45, 7) is 1.60. The van der Waals surface area contributed by atoms with E-state index in [9.17, 15) is 14.4 Å². The highest BCUT2D eigenvalue weighted by atomic mass is 16.5. The number of rotatable bonds is 24. The third kappa shape index (κ3) is 18.3. The monoisotopic (exact) mass is 519 g/mol. The summed E-state index contributed by atoms with van der Waals surface area (Å²) in [7, 11) is 0. The second-order valence-corrected chi connectivity index (χ2v) is 10.0. The molecule has 0 unspecified atom stereocenters. The fraction of sp³-hybridized carbons (Fsp3) is 0.700. The average Bonchev–Trinajstić information content (AvgIpc) is 2.85. The first-order chi connectivity index (χ1) is 17.9. The van der Waals surface area contributed by atoms with Gasteiger partial charge >= 0.3 is 11.9 Å². The van der Waals surface area contributed by atoms with Crippen molar-refractivity contribution in [1.29, 1.82) is 0 Å². The van der Waals surface area contributed by atoms with Gasteiger partial charge in [0.1, 0.15) is 18.8 Å². The van der Waals surface area contributed by atoms with Crippen LogP contribution in [0, 0.1) is 0 Å². The minimum Gasteiger partial charge on any atom is -0.494 e. The molecule has 1 aromatic carbocycles. The number of carboxylic acids is 2. The molecule has 0 saturated carbocycles. The first-order valence-corrected chi connectivity index (χ1v) is 14.4. The number of amides is 1. The molecule has 7 heteroatoms. The van der Waals surface area contributed by atoms with E-state index in [1.807, 2.05) is 6.07 Å². The number of carbonyl (C=O) groups is 3. The van der Waals surface area contributed by atoms with Crippen LogP contribution in [0.4, 0.5) is 0 Å². The molecule has 0 bridgehead atoms. The van der Waals surface area contributed by atoms with E-state index in [0.29, 0.717) is 17.9 Å². The highest BCUT2D eigenvalue weighted by molar-refractivity contribution is 5.86. The van der Waals surface area contributed by atoms with Gasteiger partial charge in [0.25, 0.3) is 0 Å². The first-order valence-electron chi connectivity index (χ1n) is 14.4. The lowest BCUT2D eigenvalue weighted by Crippen LogP contribution is -2.40. The van der Waals surface area contributed by atoms with Crippen LogP contribution in [0.15, 0.2) is 24.3 Å². The van der Waals surface area contributed by atoms with Crippen LogP contribution in [0.3, 0.4) is 0 Å². The quantitative estimate of drug-likeness (QED) is 0.144. The van der Waals surface area contributed by atoms with E-state index in [0.717, 1.165) is 17.7 Å². The standard InChI is InChI=1S/C30H49NO6/c1-2-3-4-5-6-7-8-9-10-11-12-13-14-15-16-17-21-37-27-20-18-19-26(22-27)23-28(32)31(24-29(33)34)25-30(35)36/h18-20,22H,2-17,21,23-25H2,1H3,(H,33,34)(H,35,36). The van der Waals surface area contributed by atoms with Crippen molar-refractivity contribution in [3.63, 3.8) is 0 Å². The van der Waals surface area contributed by atoms with E-state index in [-0.39, 0.29) is 6.42 Å². The molecule has 37 heavy (non-hydrogen) atoms. The van der Waals surface area contributed by atoms with Crippen molar-refractivity contribution in [2.75, 3.05) is 19.7 Å². The molecule has 7 nitrogen and oxygen atoms in total. The third-order valence-corrected chi connectivity index (χ3v) is 6.53. The fourth-order valence-corrected chi connectivity index (χ4v) is 4.43. The summed E-state index contributed by atoms with van der Waals surface area (Å²) in [5.41, 5.74) is 0.662. The maximum atomic E-state index is 12.4. The second kappa shape index (κ2) is 21.5. The van der Waals surface area contributed by atoms with Crippen LogP contribution in [0.25, 0.3) is 0 Å². The normalized spacial score (nSPS) is 10.8. The highest BCUT2D eigenvalue weighted by Gasteiger charge is 2.20. The molecule has 0 aromatic heterocycles. The van der Waals surface area contributed by atoms with Crippen LogP contribution in [0.2, 0.25) is 0 Å². The van der Waals surface area contributed by atoms with Gasteiger partial charge in [0, 0.05) is 0 Å². The molecule has 0 aliphatic carbocycles. The Hall–Kier alpha value is -2.57. The maximum Gasteiger partial charge on any atom is 0.323 e. The van der Waals surface area contributed by atoms with E-state index in [2.05, 4.69) is 6.92 Å². The van der Waals surface area contributed by atoms with Crippen molar-refractivity contribution in [3.8, 4) is 5.75 Å². The molecule has 0 fully saturated rings. The lowest BCUT2D eigenvalue weighted by Gasteiger charge is -2.18. The Balaban J connectivity index is 2.09. The Morgan fingerprint density at radius 3 is 1.62 bits per heavy atom. The molecule has 1 aromatic rings. The van der Waals surface area contributed by atoms with E-state index in [1.165, 1.54) is 89.9 Å². The summed E-state index contributed by atoms with van der Waals surface area (Å²) in [5, 5.41) is 17.8. The number of nitrogens with zero attached hydrogens (tertiary/aromatic N) is 1. The fourth-order valence-electron chi connectivity index (χ4n) is 4.43. The van der Waals surface area contributed by atoms with Crippen molar-refractivity contribution >= 4 is 17.8 Å². The molecule has 0 heterocycles. The zero-order valence-corrected chi connectivity index (χ0v) is 22.9. The van der Waals surface area contributed by atoms with Crippen LogP contribution in [-0.4, -0.2) is 52.7 Å². The molecule has 0 atom stereocenters. The molecule has 1 rings (SSSR count). The summed E-state index contributed by atoms with van der Waals surface area (Å²) >= 11 is 0. The molecule has 210 valence electrons. The number of ether oxygens (including phenoxy) is 1. The molecule has 0 spiro atoms. The van der Waals surface area contributed by atoms with Gasteiger partial charge in [-0.05, 0) is 24.1 Å². The minimum absolute atomic E-state index is 0.0726. The molecular weight excluding hydrogens is 470 g/mol. The Morgan fingerprint density at radius 2 is 1.16 bits per heavy atom. The number of carboxylic acid groups (broad SMARTS) is 2. The summed E-state index contributed by atoms with van der Waals surface area (Å²) in [6, 6.07) is 7.11. The van der Waals surface area contributed by atoms with Crippen molar-refractivity contribution < 1.29 is 29.3 Å². The van der Waals surface area contributed by atoms with Gasteiger partial charge < -0.3 is 19.8 Å². The van der Waals surface area contributed by atoms with E-state index in [1.54, 1.807) is 18.2 Å². The third-order valence-electron chi connectivity index (χ3n) is 6.53. The Bertz CT molecular complexity index is 750. The predicted molar refractivity (Wildman–Crippen MR) is 147 cm³/mol. The van der Waals surface area contributed by atoms with Gasteiger partial charge in [0.05, 0.1) is 13.0 Å². The number of hydrogen-bond donors (Lipinski definition) is 2. The summed E-state index contributed by atoms with van der Waals surface area (Å²) in [6.07, 6.45) is 21.1. The average molecular weight is 520 g/mol. The molecule has 0 aliphatic rings. The van der Waals surface area contributed by atoms with Gasteiger partial charge in [-0.15, -0.1) is 0 Å². The Kier molecular flexibility index (Phi) is 18.9. The van der Waals surface area contributed by atoms with Gasteiger partial charge in [-0.1, -0.05) is 115 Å². The van der Waals surface area contributed by atoms with E-state index >= 15 is 0 Å². The van der Waals surface area contributed by atoms with Crippen molar-refractivity contribution in [2.24, 2.45) is 0 Å². The van der Waals surface area contributed by atoms with Gasteiger partial charge in [0.2, 0.25) is 5.91 Å². The molecule has 0 radical (unpaired) electrons. The second-order valence-electron chi connectivity index (χ2n) is 10.0. The number of benzene rings is 1. The van der Waals surface area contributed by atoms with Crippen molar-refractivity contribution in [2.45, 2.75) is 116 Å². The number of unbranched alkanes of at least 4 members (excludes halogenated alkanes) is 15. The van der Waals surface area contributed by atoms with Gasteiger partial charge in [0.15, 0.2) is 0 Å². The number of carbonyl (C=O) groups excluding carboxylic acids is 1. The molecule has 0 saturated heterocycles. The van der Waals surface area contributed by atoms with Gasteiger partial charge in [-0.2, -0.15) is 0 Å². The van der Waals surface area contributed by atoms with Crippen molar-refractivity contribution in [3.05, 3.63) is 29.8 Å². The summed E-state index contributed by atoms with van der Waals surface area (Å²) < 4.78 is 5.82. The number of hydrogen-bond acceptors (Lipinski definition) is 4.